The molecule has 0 aliphatic carbocycles. The molecule has 1 N–H and O–H groups in total. The van der Waals surface area contributed by atoms with Gasteiger partial charge >= 0.3 is 0 Å². The Hall–Kier alpha value is -1.94. The van der Waals surface area contributed by atoms with Gasteiger partial charge in [-0.2, -0.15) is 4.31 Å². The summed E-state index contributed by atoms with van der Waals surface area (Å²) < 4.78 is 28.9. The number of aromatic nitrogens is 1. The SMILES string of the molecule is O=C(CSc1nc2ccccc2s1)NCc1ccc(S(=O)(=O)N2CCCCC2)cc1. The molecule has 158 valence electrons. The number of thiazole rings is 1. The molecule has 6 nitrogen and oxygen atoms in total. The summed E-state index contributed by atoms with van der Waals surface area (Å²) in [5, 5.41) is 2.88. The number of rotatable bonds is 7. The van der Waals surface area contributed by atoms with E-state index in [0.29, 0.717) is 30.3 Å². The molecule has 1 aromatic heterocycles. The highest BCUT2D eigenvalue weighted by Crippen LogP contribution is 2.29. The molecule has 4 rings (SSSR count). The maximum atomic E-state index is 12.7. The smallest absolute Gasteiger partial charge is 0.243 e. The molecule has 0 spiro atoms. The van der Waals surface area contributed by atoms with Crippen LogP contribution in [0.25, 0.3) is 10.2 Å². The van der Waals surface area contributed by atoms with Crippen LogP contribution in [0.2, 0.25) is 0 Å². The number of piperidine rings is 1. The molecule has 30 heavy (non-hydrogen) atoms. The fourth-order valence-corrected chi connectivity index (χ4v) is 6.74. The second kappa shape index (κ2) is 9.47. The highest BCUT2D eigenvalue weighted by molar-refractivity contribution is 8.01. The number of hydrogen-bond acceptors (Lipinski definition) is 6. The van der Waals surface area contributed by atoms with Gasteiger partial charge in [0.05, 0.1) is 20.9 Å². The number of para-hydroxylation sites is 1. The van der Waals surface area contributed by atoms with Crippen LogP contribution in [0.5, 0.6) is 0 Å². The lowest BCUT2D eigenvalue weighted by atomic mass is 10.2. The number of carbonyl (C=O) groups excluding carboxylic acids is 1. The van der Waals surface area contributed by atoms with Gasteiger partial charge in [-0.1, -0.05) is 42.4 Å². The predicted octanol–water partition coefficient (Wildman–Crippen LogP) is 3.88. The highest BCUT2D eigenvalue weighted by Gasteiger charge is 2.25. The minimum atomic E-state index is -3.42. The molecule has 1 aliphatic rings. The van der Waals surface area contributed by atoms with E-state index >= 15 is 0 Å². The Bertz CT molecular complexity index is 1090. The van der Waals surface area contributed by atoms with Crippen LogP contribution in [0.15, 0.2) is 57.8 Å². The van der Waals surface area contributed by atoms with Crippen molar-refractivity contribution in [3.8, 4) is 0 Å². The summed E-state index contributed by atoms with van der Waals surface area (Å²) in [6, 6.07) is 14.7. The fraction of sp³-hybridized carbons (Fsp3) is 0.333. The van der Waals surface area contributed by atoms with Crippen molar-refractivity contribution in [1.29, 1.82) is 0 Å². The number of carbonyl (C=O) groups is 1. The summed E-state index contributed by atoms with van der Waals surface area (Å²) in [6.45, 7) is 1.54. The van der Waals surface area contributed by atoms with Gasteiger partial charge in [0.25, 0.3) is 0 Å². The number of hydrogen-bond donors (Lipinski definition) is 1. The zero-order chi connectivity index (χ0) is 21.0. The first kappa shape index (κ1) is 21.3. The van der Waals surface area contributed by atoms with E-state index in [9.17, 15) is 13.2 Å². The monoisotopic (exact) mass is 461 g/mol. The number of nitrogens with zero attached hydrogens (tertiary/aromatic N) is 2. The van der Waals surface area contributed by atoms with Gasteiger partial charge in [-0.3, -0.25) is 4.79 Å². The lowest BCUT2D eigenvalue weighted by Gasteiger charge is -2.25. The zero-order valence-corrected chi connectivity index (χ0v) is 18.9. The van der Waals surface area contributed by atoms with E-state index in [-0.39, 0.29) is 5.91 Å². The van der Waals surface area contributed by atoms with Crippen molar-refractivity contribution in [3.05, 3.63) is 54.1 Å². The Labute approximate surface area is 184 Å². The molecule has 1 amide bonds. The van der Waals surface area contributed by atoms with E-state index in [2.05, 4.69) is 10.3 Å². The Morgan fingerprint density at radius 2 is 1.80 bits per heavy atom. The summed E-state index contributed by atoms with van der Waals surface area (Å²) in [6.07, 6.45) is 2.92. The van der Waals surface area contributed by atoms with Crippen molar-refractivity contribution in [2.75, 3.05) is 18.8 Å². The lowest BCUT2D eigenvalue weighted by Crippen LogP contribution is -2.35. The number of thioether (sulfide) groups is 1. The molecule has 1 fully saturated rings. The van der Waals surface area contributed by atoms with E-state index in [4.69, 9.17) is 0 Å². The van der Waals surface area contributed by atoms with Crippen LogP contribution in [-0.4, -0.2) is 42.5 Å². The predicted molar refractivity (Wildman–Crippen MR) is 121 cm³/mol. The maximum absolute atomic E-state index is 12.7. The normalized spacial score (nSPS) is 15.3. The zero-order valence-electron chi connectivity index (χ0n) is 16.4. The number of nitrogens with one attached hydrogen (secondary N) is 1. The number of amides is 1. The van der Waals surface area contributed by atoms with Crippen LogP contribution in [0, 0.1) is 0 Å². The van der Waals surface area contributed by atoms with Gasteiger partial charge in [0.1, 0.15) is 0 Å². The maximum Gasteiger partial charge on any atom is 0.243 e. The van der Waals surface area contributed by atoms with Crippen molar-refractivity contribution in [3.63, 3.8) is 0 Å². The van der Waals surface area contributed by atoms with Crippen molar-refractivity contribution < 1.29 is 13.2 Å². The van der Waals surface area contributed by atoms with Crippen LogP contribution >= 0.6 is 23.1 Å². The number of benzene rings is 2. The average Bonchev–Trinajstić information content (AvgIpc) is 3.20. The molecule has 2 heterocycles. The quantitative estimate of drug-likeness (QED) is 0.540. The van der Waals surface area contributed by atoms with Crippen LogP contribution in [0.3, 0.4) is 0 Å². The first-order chi connectivity index (χ1) is 14.5. The van der Waals surface area contributed by atoms with Gasteiger partial charge in [-0.05, 0) is 42.7 Å². The van der Waals surface area contributed by atoms with E-state index in [1.165, 1.54) is 11.8 Å². The fourth-order valence-electron chi connectivity index (χ4n) is 3.33. The molecule has 0 radical (unpaired) electrons. The summed E-state index contributed by atoms with van der Waals surface area (Å²) in [5.74, 6) is 0.214. The van der Waals surface area contributed by atoms with Crippen molar-refractivity contribution in [2.24, 2.45) is 0 Å². The molecule has 0 saturated carbocycles. The molecule has 1 aliphatic heterocycles. The first-order valence-corrected chi connectivity index (χ1v) is 13.1. The third kappa shape index (κ3) is 5.03. The summed E-state index contributed by atoms with van der Waals surface area (Å²) in [4.78, 5) is 17.0. The highest BCUT2D eigenvalue weighted by atomic mass is 32.2. The molecule has 0 bridgehead atoms. The molecule has 1 saturated heterocycles. The van der Waals surface area contributed by atoms with E-state index < -0.39 is 10.0 Å². The lowest BCUT2D eigenvalue weighted by molar-refractivity contribution is -0.118. The minimum Gasteiger partial charge on any atom is -0.351 e. The number of sulfonamides is 1. The molecule has 3 aromatic rings. The molecule has 2 aromatic carbocycles. The minimum absolute atomic E-state index is 0.0794. The summed E-state index contributed by atoms with van der Waals surface area (Å²) in [5.41, 5.74) is 1.82. The van der Waals surface area contributed by atoms with Crippen molar-refractivity contribution in [1.82, 2.24) is 14.6 Å². The van der Waals surface area contributed by atoms with Gasteiger partial charge < -0.3 is 5.32 Å². The second-order valence-electron chi connectivity index (χ2n) is 7.12. The Balaban J connectivity index is 1.28. The van der Waals surface area contributed by atoms with Gasteiger partial charge in [0, 0.05) is 19.6 Å². The number of fused-ring (bicyclic) bond motifs is 1. The van der Waals surface area contributed by atoms with E-state index in [1.807, 2.05) is 24.3 Å². The molecular weight excluding hydrogens is 438 g/mol. The third-order valence-corrected chi connectivity index (χ3v) is 9.06. The van der Waals surface area contributed by atoms with Gasteiger partial charge in [0.2, 0.25) is 15.9 Å². The average molecular weight is 462 g/mol. The van der Waals surface area contributed by atoms with Crippen molar-refractivity contribution >= 4 is 49.2 Å². The summed E-state index contributed by atoms with van der Waals surface area (Å²) in [7, 11) is -3.42. The largest absolute Gasteiger partial charge is 0.351 e. The molecular formula is C21H23N3O3S3. The molecule has 0 unspecified atom stereocenters. The Morgan fingerprint density at radius 3 is 2.53 bits per heavy atom. The van der Waals surface area contributed by atoms with Crippen LogP contribution in [-0.2, 0) is 21.4 Å². The standard InChI is InChI=1S/C21H23N3O3S3/c25-20(15-28-21-23-18-6-2-3-7-19(18)29-21)22-14-16-8-10-17(11-9-16)30(26,27)24-12-4-1-5-13-24/h2-3,6-11H,1,4-5,12-15H2,(H,22,25). The van der Waals surface area contributed by atoms with E-state index in [1.54, 1.807) is 39.9 Å². The van der Waals surface area contributed by atoms with Gasteiger partial charge in [0.15, 0.2) is 4.34 Å². The van der Waals surface area contributed by atoms with Crippen LogP contribution in [0.1, 0.15) is 24.8 Å². The van der Waals surface area contributed by atoms with E-state index in [0.717, 1.165) is 39.4 Å². The first-order valence-electron chi connectivity index (χ1n) is 9.86. The van der Waals surface area contributed by atoms with Crippen LogP contribution in [0.4, 0.5) is 0 Å². The van der Waals surface area contributed by atoms with Crippen molar-refractivity contribution in [2.45, 2.75) is 35.0 Å². The summed E-state index contributed by atoms with van der Waals surface area (Å²) >= 11 is 3.00. The molecule has 9 heteroatoms. The molecule has 0 atom stereocenters. The van der Waals surface area contributed by atoms with Crippen LogP contribution < -0.4 is 5.32 Å². The third-order valence-electron chi connectivity index (χ3n) is 4.97. The van der Waals surface area contributed by atoms with Gasteiger partial charge in [-0.15, -0.1) is 11.3 Å². The Morgan fingerprint density at radius 1 is 1.07 bits per heavy atom. The van der Waals surface area contributed by atoms with Gasteiger partial charge in [-0.25, -0.2) is 13.4 Å². The second-order valence-corrected chi connectivity index (χ2v) is 11.3. The topological polar surface area (TPSA) is 79.4 Å². The Kier molecular flexibility index (Phi) is 6.72.